The van der Waals surface area contributed by atoms with Crippen molar-refractivity contribution in [2.24, 2.45) is 5.73 Å². The zero-order valence-corrected chi connectivity index (χ0v) is 10.2. The summed E-state index contributed by atoms with van der Waals surface area (Å²) >= 11 is 0. The Labute approximate surface area is 95.2 Å². The molecule has 6 nitrogen and oxygen atoms in total. The topological polar surface area (TPSA) is 85.8 Å². The van der Waals surface area contributed by atoms with E-state index >= 15 is 0 Å². The van der Waals surface area contributed by atoms with Gasteiger partial charge in [-0.15, -0.1) is 5.10 Å². The van der Waals surface area contributed by atoms with E-state index in [0.29, 0.717) is 6.54 Å². The summed E-state index contributed by atoms with van der Waals surface area (Å²) in [5, 5.41) is 11.0. The number of nitrogens with one attached hydrogen (secondary N) is 1. The first-order chi connectivity index (χ1) is 7.30. The van der Waals surface area contributed by atoms with Crippen LogP contribution >= 0.6 is 0 Å². The Hall–Kier alpha value is -1.43. The van der Waals surface area contributed by atoms with Crippen LogP contribution in [0.5, 0.6) is 0 Å². The molecule has 0 aromatic carbocycles. The molecule has 0 spiro atoms. The summed E-state index contributed by atoms with van der Waals surface area (Å²) < 4.78 is 1.79. The lowest BCUT2D eigenvalue weighted by Crippen LogP contribution is -2.38. The zero-order valence-electron chi connectivity index (χ0n) is 10.2. The summed E-state index contributed by atoms with van der Waals surface area (Å²) in [6.45, 7) is 8.34. The number of rotatable bonds is 4. The third-order valence-corrected chi connectivity index (χ3v) is 2.24. The Bertz CT molecular complexity index is 366. The Morgan fingerprint density at radius 3 is 2.69 bits per heavy atom. The van der Waals surface area contributed by atoms with Crippen molar-refractivity contribution in [2.75, 3.05) is 0 Å². The highest BCUT2D eigenvalue weighted by atomic mass is 16.1. The number of carbonyl (C=O) groups is 1. The maximum absolute atomic E-state index is 10.8. The quantitative estimate of drug-likeness (QED) is 0.755. The van der Waals surface area contributed by atoms with Crippen LogP contribution in [0.2, 0.25) is 0 Å². The highest BCUT2D eigenvalue weighted by molar-refractivity contribution is 5.79. The van der Waals surface area contributed by atoms with Crippen LogP contribution in [-0.2, 0) is 16.9 Å². The zero-order chi connectivity index (χ0) is 12.3. The molecule has 0 aliphatic carbocycles. The van der Waals surface area contributed by atoms with Crippen molar-refractivity contribution in [3.05, 3.63) is 11.9 Å². The summed E-state index contributed by atoms with van der Waals surface area (Å²) in [6.07, 6.45) is 1.86. The maximum Gasteiger partial charge on any atom is 0.234 e. The average Bonchev–Trinajstić information content (AvgIpc) is 2.61. The van der Waals surface area contributed by atoms with Crippen molar-refractivity contribution in [3.8, 4) is 0 Å². The fraction of sp³-hybridized carbons (Fsp3) is 0.700. The number of hydrogen-bond acceptors (Lipinski definition) is 4. The van der Waals surface area contributed by atoms with Gasteiger partial charge in [-0.1, -0.05) is 5.21 Å². The Morgan fingerprint density at radius 1 is 1.62 bits per heavy atom. The van der Waals surface area contributed by atoms with Gasteiger partial charge in [-0.05, 0) is 27.7 Å². The van der Waals surface area contributed by atoms with Gasteiger partial charge in [0.25, 0.3) is 0 Å². The minimum absolute atomic E-state index is 0.0828. The van der Waals surface area contributed by atoms with E-state index < -0.39 is 0 Å². The second kappa shape index (κ2) is 4.61. The van der Waals surface area contributed by atoms with Gasteiger partial charge in [-0.2, -0.15) is 0 Å². The molecule has 0 aliphatic heterocycles. The molecule has 1 aromatic rings. The molecule has 1 unspecified atom stereocenters. The van der Waals surface area contributed by atoms with E-state index in [-0.39, 0.29) is 17.5 Å². The Balaban J connectivity index is 2.57. The third kappa shape index (κ3) is 3.30. The van der Waals surface area contributed by atoms with Crippen molar-refractivity contribution in [2.45, 2.75) is 45.8 Å². The highest BCUT2D eigenvalue weighted by Crippen LogP contribution is 2.11. The number of nitrogens with zero attached hydrogens (tertiary/aromatic N) is 3. The first kappa shape index (κ1) is 12.6. The van der Waals surface area contributed by atoms with Gasteiger partial charge in [0.1, 0.15) is 0 Å². The summed E-state index contributed by atoms with van der Waals surface area (Å²) in [5.41, 5.74) is 5.84. The third-order valence-electron chi connectivity index (χ3n) is 2.24. The normalized spacial score (nSPS) is 13.8. The van der Waals surface area contributed by atoms with Gasteiger partial charge in [0.15, 0.2) is 0 Å². The smallest absolute Gasteiger partial charge is 0.234 e. The molecule has 0 bridgehead atoms. The fourth-order valence-corrected chi connectivity index (χ4v) is 1.07. The van der Waals surface area contributed by atoms with Crippen LogP contribution < -0.4 is 11.1 Å². The Kier molecular flexibility index (Phi) is 3.64. The van der Waals surface area contributed by atoms with Gasteiger partial charge in [0.05, 0.1) is 23.5 Å². The second-order valence-corrected chi connectivity index (χ2v) is 4.83. The molecule has 0 saturated heterocycles. The standard InChI is InChI=1S/C10H19N5O/c1-7(9(11)16)12-5-8-6-15(14-13-8)10(2,3)4/h6-7,12H,5H2,1-4H3,(H2,11,16). The van der Waals surface area contributed by atoms with Crippen molar-refractivity contribution in [3.63, 3.8) is 0 Å². The van der Waals surface area contributed by atoms with Crippen molar-refractivity contribution < 1.29 is 4.79 Å². The van der Waals surface area contributed by atoms with E-state index in [4.69, 9.17) is 5.73 Å². The van der Waals surface area contributed by atoms with E-state index in [1.165, 1.54) is 0 Å². The summed E-state index contributed by atoms with van der Waals surface area (Å²) in [7, 11) is 0. The molecule has 1 amide bonds. The van der Waals surface area contributed by atoms with Crippen LogP contribution in [-0.4, -0.2) is 26.9 Å². The van der Waals surface area contributed by atoms with Crippen molar-refractivity contribution >= 4 is 5.91 Å². The van der Waals surface area contributed by atoms with Crippen molar-refractivity contribution in [1.29, 1.82) is 0 Å². The lowest BCUT2D eigenvalue weighted by molar-refractivity contribution is -0.119. The lowest BCUT2D eigenvalue weighted by atomic mass is 10.1. The van der Waals surface area contributed by atoms with Gasteiger partial charge in [0, 0.05) is 6.54 Å². The van der Waals surface area contributed by atoms with Crippen LogP contribution in [0.4, 0.5) is 0 Å². The number of primary amides is 1. The molecule has 1 atom stereocenters. The van der Waals surface area contributed by atoms with Gasteiger partial charge < -0.3 is 11.1 Å². The van der Waals surface area contributed by atoms with E-state index in [1.807, 2.05) is 27.0 Å². The van der Waals surface area contributed by atoms with Gasteiger partial charge in [0.2, 0.25) is 5.91 Å². The monoisotopic (exact) mass is 225 g/mol. The molecule has 1 rings (SSSR count). The van der Waals surface area contributed by atoms with Gasteiger partial charge in [-0.25, -0.2) is 4.68 Å². The molecule has 90 valence electrons. The predicted octanol–water partition coefficient (Wildman–Crippen LogP) is -0.00350. The highest BCUT2D eigenvalue weighted by Gasteiger charge is 2.15. The Morgan fingerprint density at radius 2 is 2.25 bits per heavy atom. The molecule has 3 N–H and O–H groups in total. The number of nitrogens with two attached hydrogens (primary N) is 1. The molecule has 0 fully saturated rings. The first-order valence-corrected chi connectivity index (χ1v) is 5.25. The molecule has 1 heterocycles. The van der Waals surface area contributed by atoms with Crippen LogP contribution in [0.15, 0.2) is 6.20 Å². The van der Waals surface area contributed by atoms with E-state index in [9.17, 15) is 4.79 Å². The van der Waals surface area contributed by atoms with Crippen LogP contribution in [0.1, 0.15) is 33.4 Å². The first-order valence-electron chi connectivity index (χ1n) is 5.25. The maximum atomic E-state index is 10.8. The van der Waals surface area contributed by atoms with E-state index in [0.717, 1.165) is 5.69 Å². The number of aromatic nitrogens is 3. The predicted molar refractivity (Wildman–Crippen MR) is 60.5 cm³/mol. The molecular formula is C10H19N5O. The van der Waals surface area contributed by atoms with E-state index in [1.54, 1.807) is 11.6 Å². The molecule has 0 saturated carbocycles. The van der Waals surface area contributed by atoms with Crippen LogP contribution in [0, 0.1) is 0 Å². The van der Waals surface area contributed by atoms with Gasteiger partial charge in [-0.3, -0.25) is 4.79 Å². The molecule has 0 radical (unpaired) electrons. The van der Waals surface area contributed by atoms with Crippen LogP contribution in [0.25, 0.3) is 0 Å². The van der Waals surface area contributed by atoms with Gasteiger partial charge >= 0.3 is 0 Å². The molecular weight excluding hydrogens is 206 g/mol. The molecule has 6 heteroatoms. The lowest BCUT2D eigenvalue weighted by Gasteiger charge is -2.17. The minimum atomic E-state index is -0.372. The number of carbonyl (C=O) groups excluding carboxylic acids is 1. The summed E-state index contributed by atoms with van der Waals surface area (Å²) in [4.78, 5) is 10.8. The summed E-state index contributed by atoms with van der Waals surface area (Å²) in [5.74, 6) is -0.372. The van der Waals surface area contributed by atoms with Crippen LogP contribution in [0.3, 0.4) is 0 Å². The fourth-order valence-electron chi connectivity index (χ4n) is 1.07. The SMILES string of the molecule is CC(NCc1cn(C(C)(C)C)nn1)C(N)=O. The molecule has 1 aromatic heterocycles. The molecule has 0 aliphatic rings. The second-order valence-electron chi connectivity index (χ2n) is 4.83. The van der Waals surface area contributed by atoms with E-state index in [2.05, 4.69) is 15.6 Å². The number of amides is 1. The minimum Gasteiger partial charge on any atom is -0.368 e. The average molecular weight is 225 g/mol. The largest absolute Gasteiger partial charge is 0.368 e. The van der Waals surface area contributed by atoms with Crippen molar-refractivity contribution in [1.82, 2.24) is 20.3 Å². The number of hydrogen-bond donors (Lipinski definition) is 2. The summed E-state index contributed by atoms with van der Waals surface area (Å²) in [6, 6.07) is -0.361. The molecule has 16 heavy (non-hydrogen) atoms.